The predicted molar refractivity (Wildman–Crippen MR) is 88.6 cm³/mol. The fourth-order valence-electron chi connectivity index (χ4n) is 2.41. The molecular formula is C17H19N3O5. The Labute approximate surface area is 144 Å². The molecular weight excluding hydrogens is 326 g/mol. The van der Waals surface area contributed by atoms with E-state index in [9.17, 15) is 9.59 Å². The molecule has 3 amide bonds. The Hall–Kier alpha value is -3.16. The van der Waals surface area contributed by atoms with Gasteiger partial charge in [0.05, 0.1) is 11.8 Å². The summed E-state index contributed by atoms with van der Waals surface area (Å²) >= 11 is 0. The molecule has 0 radical (unpaired) electrons. The number of nitrogens with one attached hydrogen (secondary N) is 3. The Bertz CT molecular complexity index is 771. The third-order valence-electron chi connectivity index (χ3n) is 3.70. The molecule has 1 aliphatic heterocycles. The molecule has 2 aromatic rings. The van der Waals surface area contributed by atoms with E-state index in [1.807, 2.05) is 18.2 Å². The summed E-state index contributed by atoms with van der Waals surface area (Å²) in [7, 11) is 0. The third-order valence-corrected chi connectivity index (χ3v) is 3.70. The average Bonchev–Trinajstić information content (AvgIpc) is 3.05. The van der Waals surface area contributed by atoms with Crippen LogP contribution in [0.1, 0.15) is 21.7 Å². The van der Waals surface area contributed by atoms with Crippen LogP contribution in [0, 0.1) is 6.92 Å². The first-order valence-electron chi connectivity index (χ1n) is 7.90. The van der Waals surface area contributed by atoms with Gasteiger partial charge in [-0.15, -0.1) is 0 Å². The molecule has 3 N–H and O–H groups in total. The zero-order chi connectivity index (χ0) is 17.6. The fourth-order valence-corrected chi connectivity index (χ4v) is 2.41. The maximum absolute atomic E-state index is 11.8. The van der Waals surface area contributed by atoms with E-state index in [-0.39, 0.29) is 0 Å². The van der Waals surface area contributed by atoms with Crippen molar-refractivity contribution in [3.8, 4) is 11.5 Å². The molecule has 0 spiro atoms. The molecule has 25 heavy (non-hydrogen) atoms. The number of amides is 3. The van der Waals surface area contributed by atoms with Crippen LogP contribution < -0.4 is 25.6 Å². The van der Waals surface area contributed by atoms with Gasteiger partial charge in [-0.3, -0.25) is 10.2 Å². The van der Waals surface area contributed by atoms with Gasteiger partial charge in [-0.1, -0.05) is 6.07 Å². The van der Waals surface area contributed by atoms with Gasteiger partial charge >= 0.3 is 6.03 Å². The summed E-state index contributed by atoms with van der Waals surface area (Å²) in [5, 5.41) is 2.67. The highest BCUT2D eigenvalue weighted by molar-refractivity contribution is 5.96. The lowest BCUT2D eigenvalue weighted by Crippen LogP contribution is -2.47. The maximum atomic E-state index is 11.8. The SMILES string of the molecule is Cc1occc1C(=O)NNC(=O)NCCc1ccc2c(c1)OCCO2. The summed E-state index contributed by atoms with van der Waals surface area (Å²) in [6.07, 6.45) is 2.04. The number of furan rings is 1. The first-order chi connectivity index (χ1) is 12.1. The summed E-state index contributed by atoms with van der Waals surface area (Å²) < 4.78 is 16.0. The van der Waals surface area contributed by atoms with Crippen molar-refractivity contribution in [2.75, 3.05) is 19.8 Å². The van der Waals surface area contributed by atoms with Crippen molar-refractivity contribution in [2.45, 2.75) is 13.3 Å². The van der Waals surface area contributed by atoms with E-state index in [0.29, 0.717) is 37.5 Å². The lowest BCUT2D eigenvalue weighted by atomic mass is 10.1. The molecule has 0 unspecified atom stereocenters. The van der Waals surface area contributed by atoms with Crippen molar-refractivity contribution in [2.24, 2.45) is 0 Å². The van der Waals surface area contributed by atoms with E-state index in [1.165, 1.54) is 12.3 Å². The van der Waals surface area contributed by atoms with Gasteiger partial charge in [-0.2, -0.15) is 0 Å². The van der Waals surface area contributed by atoms with Crippen LogP contribution >= 0.6 is 0 Å². The largest absolute Gasteiger partial charge is 0.486 e. The highest BCUT2D eigenvalue weighted by Gasteiger charge is 2.13. The number of fused-ring (bicyclic) bond motifs is 1. The van der Waals surface area contributed by atoms with Crippen molar-refractivity contribution in [3.63, 3.8) is 0 Å². The minimum Gasteiger partial charge on any atom is -0.486 e. The second kappa shape index (κ2) is 7.61. The van der Waals surface area contributed by atoms with Crippen LogP contribution in [0.15, 0.2) is 34.9 Å². The Kier molecular flexibility index (Phi) is 5.08. The van der Waals surface area contributed by atoms with Crippen molar-refractivity contribution in [3.05, 3.63) is 47.4 Å². The molecule has 2 heterocycles. The maximum Gasteiger partial charge on any atom is 0.333 e. The number of hydrogen-bond acceptors (Lipinski definition) is 5. The first kappa shape index (κ1) is 16.7. The number of urea groups is 1. The number of carbonyl (C=O) groups is 2. The van der Waals surface area contributed by atoms with Crippen molar-refractivity contribution >= 4 is 11.9 Å². The Morgan fingerprint density at radius 3 is 2.64 bits per heavy atom. The number of carbonyl (C=O) groups excluding carboxylic acids is 2. The van der Waals surface area contributed by atoms with E-state index in [1.54, 1.807) is 6.92 Å². The number of benzene rings is 1. The number of hydrogen-bond donors (Lipinski definition) is 3. The van der Waals surface area contributed by atoms with Crippen LogP contribution in [0.2, 0.25) is 0 Å². The normalized spacial score (nSPS) is 12.4. The summed E-state index contributed by atoms with van der Waals surface area (Å²) in [5.74, 6) is 1.50. The van der Waals surface area contributed by atoms with Crippen LogP contribution in [-0.4, -0.2) is 31.7 Å². The summed E-state index contributed by atoms with van der Waals surface area (Å²) in [4.78, 5) is 23.5. The van der Waals surface area contributed by atoms with Crippen LogP contribution in [0.4, 0.5) is 4.79 Å². The first-order valence-corrected chi connectivity index (χ1v) is 7.90. The van der Waals surface area contributed by atoms with E-state index < -0.39 is 11.9 Å². The van der Waals surface area contributed by atoms with Crippen LogP contribution in [0.3, 0.4) is 0 Å². The molecule has 1 aliphatic rings. The Morgan fingerprint density at radius 1 is 1.08 bits per heavy atom. The molecule has 0 bridgehead atoms. The minimum atomic E-state index is -0.493. The van der Waals surface area contributed by atoms with Gasteiger partial charge in [0, 0.05) is 6.54 Å². The number of aryl methyl sites for hydroxylation is 1. The van der Waals surface area contributed by atoms with E-state index in [4.69, 9.17) is 13.9 Å². The highest BCUT2D eigenvalue weighted by atomic mass is 16.6. The molecule has 132 valence electrons. The summed E-state index contributed by atoms with van der Waals surface area (Å²) in [5.41, 5.74) is 6.00. The van der Waals surface area contributed by atoms with Crippen molar-refractivity contribution in [1.29, 1.82) is 0 Å². The number of ether oxygens (including phenoxy) is 2. The zero-order valence-corrected chi connectivity index (χ0v) is 13.8. The van der Waals surface area contributed by atoms with Gasteiger partial charge in [0.1, 0.15) is 19.0 Å². The van der Waals surface area contributed by atoms with Crippen molar-refractivity contribution in [1.82, 2.24) is 16.2 Å². The minimum absolute atomic E-state index is 0.372. The van der Waals surface area contributed by atoms with E-state index in [2.05, 4.69) is 16.2 Å². The number of rotatable bonds is 4. The van der Waals surface area contributed by atoms with Gasteiger partial charge < -0.3 is 19.2 Å². The van der Waals surface area contributed by atoms with E-state index in [0.717, 1.165) is 17.1 Å². The molecule has 0 aliphatic carbocycles. The summed E-state index contributed by atoms with van der Waals surface area (Å²) in [6, 6.07) is 6.73. The molecule has 0 fully saturated rings. The molecule has 0 saturated carbocycles. The molecule has 1 aromatic heterocycles. The molecule has 3 rings (SSSR count). The Balaban J connectivity index is 1.41. The van der Waals surface area contributed by atoms with Gasteiger partial charge in [0.2, 0.25) is 0 Å². The smallest absolute Gasteiger partial charge is 0.333 e. The second-order valence-corrected chi connectivity index (χ2v) is 5.45. The second-order valence-electron chi connectivity index (χ2n) is 5.45. The molecule has 0 atom stereocenters. The van der Waals surface area contributed by atoms with Crippen LogP contribution in [0.25, 0.3) is 0 Å². The zero-order valence-electron chi connectivity index (χ0n) is 13.8. The molecule has 0 saturated heterocycles. The topological polar surface area (TPSA) is 102 Å². The van der Waals surface area contributed by atoms with Crippen LogP contribution in [-0.2, 0) is 6.42 Å². The number of hydrazine groups is 1. The van der Waals surface area contributed by atoms with Gasteiger partial charge in [0.25, 0.3) is 5.91 Å². The molecule has 8 heteroatoms. The monoisotopic (exact) mass is 345 g/mol. The fraction of sp³-hybridized carbons (Fsp3) is 0.294. The quantitative estimate of drug-likeness (QED) is 0.730. The lowest BCUT2D eigenvalue weighted by molar-refractivity contribution is 0.0934. The van der Waals surface area contributed by atoms with E-state index >= 15 is 0 Å². The van der Waals surface area contributed by atoms with Gasteiger partial charge in [-0.05, 0) is 37.1 Å². The van der Waals surface area contributed by atoms with Gasteiger partial charge in [0.15, 0.2) is 11.5 Å². The standard InChI is InChI=1S/C17H19N3O5/c1-11-13(5-7-23-11)16(21)19-20-17(22)18-6-4-12-2-3-14-15(10-12)25-9-8-24-14/h2-3,5,7,10H,4,6,8-9H2,1H3,(H,19,21)(H2,18,20,22). The molecule has 8 nitrogen and oxygen atoms in total. The lowest BCUT2D eigenvalue weighted by Gasteiger charge is -2.18. The average molecular weight is 345 g/mol. The van der Waals surface area contributed by atoms with Gasteiger partial charge in [-0.25, -0.2) is 10.2 Å². The third kappa shape index (κ3) is 4.23. The van der Waals surface area contributed by atoms with Crippen molar-refractivity contribution < 1.29 is 23.5 Å². The Morgan fingerprint density at radius 2 is 1.88 bits per heavy atom. The highest BCUT2D eigenvalue weighted by Crippen LogP contribution is 2.30. The predicted octanol–water partition coefficient (Wildman–Crippen LogP) is 1.55. The summed E-state index contributed by atoms with van der Waals surface area (Å²) in [6.45, 7) is 3.17. The van der Waals surface area contributed by atoms with Crippen LogP contribution in [0.5, 0.6) is 11.5 Å². The molecule has 1 aromatic carbocycles.